The fourth-order valence-corrected chi connectivity index (χ4v) is 3.57. The average molecular weight is 500 g/mol. The van der Waals surface area contributed by atoms with Crippen molar-refractivity contribution in [2.75, 3.05) is 13.1 Å². The Kier molecular flexibility index (Phi) is 12.5. The van der Waals surface area contributed by atoms with Gasteiger partial charge in [-0.15, -0.1) is 0 Å². The number of nitrogens with one attached hydrogen (secondary N) is 4. The summed E-state index contributed by atoms with van der Waals surface area (Å²) in [6.07, 6.45) is 1.19. The molecular weight excluding hydrogens is 462 g/mol. The first kappa shape index (κ1) is 29.6. The normalized spacial score (nSPS) is 17.6. The molecule has 1 fully saturated rings. The lowest BCUT2D eigenvalue weighted by Crippen LogP contribution is -2.57. The van der Waals surface area contributed by atoms with E-state index in [1.54, 1.807) is 13.8 Å². The van der Waals surface area contributed by atoms with Gasteiger partial charge in [-0.05, 0) is 44.6 Å². The molecule has 0 bridgehead atoms. The molecule has 0 saturated carbocycles. The maximum atomic E-state index is 13.0. The molecule has 0 spiro atoms. The molecule has 4 unspecified atom stereocenters. The summed E-state index contributed by atoms with van der Waals surface area (Å²) in [7, 11) is 0. The van der Waals surface area contributed by atoms with Crippen LogP contribution in [0.1, 0.15) is 52.4 Å². The van der Waals surface area contributed by atoms with Crippen molar-refractivity contribution in [2.45, 2.75) is 76.5 Å². The standard InChI is InChI=1S/C21H37N7O7/c1-11(2)9-15(20(34)35)28-19(33)14(10-16(29)30)27-18(32)13(6-4-8-25-21(22)23)26-17(31)12-5-3-7-24-12/h11-15,24H,3-10H2,1-2H3,(H,26,31)(H,27,32)(H,28,33)(H,29,30)(H,34,35)(H4,22,23,25). The van der Waals surface area contributed by atoms with E-state index >= 15 is 0 Å². The number of hydrogen-bond donors (Lipinski definition) is 8. The molecule has 1 aliphatic heterocycles. The zero-order valence-corrected chi connectivity index (χ0v) is 20.1. The summed E-state index contributed by atoms with van der Waals surface area (Å²) in [6.45, 7) is 4.40. The maximum Gasteiger partial charge on any atom is 0.326 e. The van der Waals surface area contributed by atoms with Crippen LogP contribution >= 0.6 is 0 Å². The Morgan fingerprint density at radius 1 is 1.00 bits per heavy atom. The number of nitrogens with two attached hydrogens (primary N) is 2. The Morgan fingerprint density at radius 3 is 2.14 bits per heavy atom. The zero-order valence-electron chi connectivity index (χ0n) is 20.1. The summed E-state index contributed by atoms with van der Waals surface area (Å²) in [5.41, 5.74) is 10.6. The molecule has 1 heterocycles. The maximum absolute atomic E-state index is 13.0. The van der Waals surface area contributed by atoms with Crippen molar-refractivity contribution < 1.29 is 34.2 Å². The van der Waals surface area contributed by atoms with Crippen molar-refractivity contribution in [1.82, 2.24) is 21.3 Å². The van der Waals surface area contributed by atoms with Crippen molar-refractivity contribution in [3.05, 3.63) is 0 Å². The second-order valence-electron chi connectivity index (χ2n) is 8.85. The fraction of sp³-hybridized carbons (Fsp3) is 0.714. The lowest BCUT2D eigenvalue weighted by molar-refractivity contribution is -0.144. The predicted molar refractivity (Wildman–Crippen MR) is 126 cm³/mol. The van der Waals surface area contributed by atoms with E-state index in [1.807, 2.05) is 0 Å². The van der Waals surface area contributed by atoms with E-state index in [2.05, 4.69) is 26.3 Å². The Morgan fingerprint density at radius 2 is 1.63 bits per heavy atom. The first-order chi connectivity index (χ1) is 16.4. The van der Waals surface area contributed by atoms with Gasteiger partial charge in [0.1, 0.15) is 18.1 Å². The van der Waals surface area contributed by atoms with Crippen LogP contribution in [0.25, 0.3) is 0 Å². The summed E-state index contributed by atoms with van der Waals surface area (Å²) in [5.74, 6) is -4.96. The number of hydrogen-bond acceptors (Lipinski definition) is 7. The average Bonchev–Trinajstić information content (AvgIpc) is 3.28. The van der Waals surface area contributed by atoms with Crippen molar-refractivity contribution in [3.63, 3.8) is 0 Å². The van der Waals surface area contributed by atoms with E-state index in [1.165, 1.54) is 0 Å². The number of rotatable bonds is 15. The van der Waals surface area contributed by atoms with Crippen LogP contribution in [0.3, 0.4) is 0 Å². The van der Waals surface area contributed by atoms with E-state index in [9.17, 15) is 34.2 Å². The molecule has 0 aromatic rings. The summed E-state index contributed by atoms with van der Waals surface area (Å²) in [6, 6.07) is -4.35. The Labute approximate surface area is 203 Å². The van der Waals surface area contributed by atoms with Crippen molar-refractivity contribution in [2.24, 2.45) is 22.4 Å². The van der Waals surface area contributed by atoms with Crippen molar-refractivity contribution in [1.29, 1.82) is 0 Å². The minimum absolute atomic E-state index is 0.0575. The van der Waals surface area contributed by atoms with E-state index < -0.39 is 60.2 Å². The van der Waals surface area contributed by atoms with Gasteiger partial charge in [0.15, 0.2) is 5.96 Å². The molecule has 14 nitrogen and oxygen atoms in total. The molecule has 0 radical (unpaired) electrons. The van der Waals surface area contributed by atoms with E-state index in [4.69, 9.17) is 11.5 Å². The number of amides is 3. The molecule has 14 heteroatoms. The monoisotopic (exact) mass is 499 g/mol. The molecule has 0 aromatic carbocycles. The third kappa shape index (κ3) is 11.5. The molecule has 1 aliphatic rings. The first-order valence-electron chi connectivity index (χ1n) is 11.5. The molecule has 10 N–H and O–H groups in total. The number of aliphatic carboxylic acids is 2. The van der Waals surface area contributed by atoms with Crippen LogP contribution in [-0.2, 0) is 24.0 Å². The number of carbonyl (C=O) groups is 5. The van der Waals surface area contributed by atoms with Gasteiger partial charge in [-0.2, -0.15) is 0 Å². The summed E-state index contributed by atoms with van der Waals surface area (Å²) in [5, 5.41) is 28.9. The van der Waals surface area contributed by atoms with Gasteiger partial charge in [-0.25, -0.2) is 4.79 Å². The van der Waals surface area contributed by atoms with Crippen molar-refractivity contribution in [3.8, 4) is 0 Å². The van der Waals surface area contributed by atoms with Gasteiger partial charge in [-0.1, -0.05) is 13.8 Å². The van der Waals surface area contributed by atoms with Gasteiger partial charge in [0.25, 0.3) is 0 Å². The van der Waals surface area contributed by atoms with E-state index in [0.717, 1.165) is 6.42 Å². The van der Waals surface area contributed by atoms with Crippen LogP contribution < -0.4 is 32.7 Å². The Bertz CT molecular complexity index is 793. The van der Waals surface area contributed by atoms with Gasteiger partial charge in [0.2, 0.25) is 17.7 Å². The highest BCUT2D eigenvalue weighted by Gasteiger charge is 2.32. The van der Waals surface area contributed by atoms with Crippen LogP contribution in [-0.4, -0.2) is 83.1 Å². The highest BCUT2D eigenvalue weighted by molar-refractivity contribution is 5.95. The summed E-state index contributed by atoms with van der Waals surface area (Å²) >= 11 is 0. The molecular formula is C21H37N7O7. The highest BCUT2D eigenvalue weighted by Crippen LogP contribution is 2.09. The minimum Gasteiger partial charge on any atom is -0.481 e. The second-order valence-corrected chi connectivity index (χ2v) is 8.85. The van der Waals surface area contributed by atoms with Crippen LogP contribution in [0, 0.1) is 5.92 Å². The molecule has 0 aliphatic carbocycles. The predicted octanol–water partition coefficient (Wildman–Crippen LogP) is -2.15. The molecule has 1 saturated heterocycles. The van der Waals surface area contributed by atoms with Crippen molar-refractivity contribution >= 4 is 35.6 Å². The van der Waals surface area contributed by atoms with Gasteiger partial charge < -0.3 is 42.9 Å². The lowest BCUT2D eigenvalue weighted by Gasteiger charge is -2.25. The number of carboxylic acids is 2. The molecule has 4 atom stereocenters. The SMILES string of the molecule is CC(C)CC(NC(=O)C(CC(=O)O)NC(=O)C(CCCN=C(N)N)NC(=O)C1CCCN1)C(=O)O. The van der Waals surface area contributed by atoms with Gasteiger partial charge in [0.05, 0.1) is 12.5 Å². The minimum atomic E-state index is -1.55. The Hall–Kier alpha value is -3.42. The largest absolute Gasteiger partial charge is 0.481 e. The highest BCUT2D eigenvalue weighted by atomic mass is 16.4. The van der Waals surface area contributed by atoms with Gasteiger partial charge in [-0.3, -0.25) is 24.2 Å². The fourth-order valence-electron chi connectivity index (χ4n) is 3.57. The quantitative estimate of drug-likeness (QED) is 0.0690. The smallest absolute Gasteiger partial charge is 0.326 e. The second kappa shape index (κ2) is 14.8. The molecule has 1 rings (SSSR count). The topological polar surface area (TPSA) is 238 Å². The third-order valence-electron chi connectivity index (χ3n) is 5.29. The Balaban J connectivity index is 2.96. The lowest BCUT2D eigenvalue weighted by atomic mass is 10.0. The van der Waals surface area contributed by atoms with E-state index in [-0.39, 0.29) is 31.3 Å². The first-order valence-corrected chi connectivity index (χ1v) is 11.5. The molecule has 35 heavy (non-hydrogen) atoms. The third-order valence-corrected chi connectivity index (χ3v) is 5.29. The van der Waals surface area contributed by atoms with Crippen LogP contribution in [0.15, 0.2) is 4.99 Å². The molecule has 198 valence electrons. The van der Waals surface area contributed by atoms with Gasteiger partial charge >= 0.3 is 11.9 Å². The number of carboxylic acid groups (broad SMARTS) is 2. The van der Waals surface area contributed by atoms with E-state index in [0.29, 0.717) is 19.4 Å². The number of nitrogens with zero attached hydrogens (tertiary/aromatic N) is 1. The molecule has 0 aromatic heterocycles. The number of guanidine groups is 1. The summed E-state index contributed by atoms with van der Waals surface area (Å²) in [4.78, 5) is 64.9. The van der Waals surface area contributed by atoms with Crippen LogP contribution in [0.2, 0.25) is 0 Å². The number of carbonyl (C=O) groups excluding carboxylic acids is 3. The summed E-state index contributed by atoms with van der Waals surface area (Å²) < 4.78 is 0. The molecule has 3 amide bonds. The van der Waals surface area contributed by atoms with Crippen LogP contribution in [0.4, 0.5) is 0 Å². The van der Waals surface area contributed by atoms with Crippen LogP contribution in [0.5, 0.6) is 0 Å². The van der Waals surface area contributed by atoms with Gasteiger partial charge in [0, 0.05) is 6.54 Å². The number of aliphatic imine (C=N–C) groups is 1. The zero-order chi connectivity index (χ0) is 26.5.